The topological polar surface area (TPSA) is 46.5 Å². The van der Waals surface area contributed by atoms with Crippen LogP contribution < -0.4 is 4.74 Å². The van der Waals surface area contributed by atoms with Gasteiger partial charge in [-0.05, 0) is 36.3 Å². The van der Waals surface area contributed by atoms with E-state index >= 15 is 0 Å². The van der Waals surface area contributed by atoms with Crippen LogP contribution in [0.25, 0.3) is 0 Å². The molecule has 0 aromatic heterocycles. The Labute approximate surface area is 133 Å². The minimum absolute atomic E-state index is 0.0330. The molecule has 3 heteroatoms. The number of aryl methyl sites for hydroxylation is 1. The molecule has 1 aromatic rings. The molecule has 3 nitrogen and oxygen atoms in total. The van der Waals surface area contributed by atoms with Crippen molar-refractivity contribution >= 4 is 5.78 Å². The second kappa shape index (κ2) is 6.04. The summed E-state index contributed by atoms with van der Waals surface area (Å²) in [5.74, 6) is 1.10. The molecule has 0 bridgehead atoms. The zero-order chi connectivity index (χ0) is 16.5. The molecule has 1 atom stereocenters. The quantitative estimate of drug-likeness (QED) is 0.906. The molecule has 1 heterocycles. The van der Waals surface area contributed by atoms with Gasteiger partial charge in [-0.15, -0.1) is 0 Å². The minimum atomic E-state index is -0.641. The van der Waals surface area contributed by atoms with E-state index in [1.807, 2.05) is 6.92 Å². The van der Waals surface area contributed by atoms with Crippen LogP contribution in [0.1, 0.15) is 57.7 Å². The van der Waals surface area contributed by atoms with E-state index in [0.29, 0.717) is 6.42 Å². The van der Waals surface area contributed by atoms with Gasteiger partial charge in [0.2, 0.25) is 0 Å². The standard InChI is InChI=1S/C19H28O3/c1-13(21)19(5,12-20)8-6-14-10-15-7-9-22-17(15)16(11-14)18(2,3)4/h10-11,20H,6-9,12H2,1-5H3. The number of ether oxygens (including phenoxy) is 1. The Kier molecular flexibility index (Phi) is 4.67. The summed E-state index contributed by atoms with van der Waals surface area (Å²) in [7, 11) is 0. The van der Waals surface area contributed by atoms with Crippen molar-refractivity contribution in [1.29, 1.82) is 0 Å². The third-order valence-corrected chi connectivity index (χ3v) is 4.82. The van der Waals surface area contributed by atoms with Gasteiger partial charge in [0.25, 0.3) is 0 Å². The summed E-state index contributed by atoms with van der Waals surface area (Å²) in [6.45, 7) is 10.7. The Morgan fingerprint density at radius 1 is 1.27 bits per heavy atom. The number of fused-ring (bicyclic) bond motifs is 1. The highest BCUT2D eigenvalue weighted by molar-refractivity contribution is 5.82. The average Bonchev–Trinajstić information content (AvgIpc) is 2.90. The summed E-state index contributed by atoms with van der Waals surface area (Å²) in [6.07, 6.45) is 2.42. The maximum Gasteiger partial charge on any atom is 0.137 e. The number of carbonyl (C=O) groups excluding carboxylic acids is 1. The second-order valence-corrected chi connectivity index (χ2v) is 7.76. The van der Waals surface area contributed by atoms with Gasteiger partial charge in [0, 0.05) is 17.4 Å². The Morgan fingerprint density at radius 3 is 2.50 bits per heavy atom. The lowest BCUT2D eigenvalue weighted by Crippen LogP contribution is -2.30. The number of hydrogen-bond donors (Lipinski definition) is 1. The fraction of sp³-hybridized carbons (Fsp3) is 0.632. The molecule has 1 aliphatic heterocycles. The molecule has 1 aromatic carbocycles. The summed E-state index contributed by atoms with van der Waals surface area (Å²) >= 11 is 0. The summed E-state index contributed by atoms with van der Waals surface area (Å²) < 4.78 is 5.82. The van der Waals surface area contributed by atoms with Crippen molar-refractivity contribution in [3.8, 4) is 5.75 Å². The number of rotatable bonds is 5. The number of benzene rings is 1. The molecule has 1 unspecified atom stereocenters. The molecule has 0 radical (unpaired) electrons. The van der Waals surface area contributed by atoms with Crippen LogP contribution in [-0.4, -0.2) is 24.1 Å². The molecule has 0 saturated carbocycles. The average molecular weight is 304 g/mol. The summed E-state index contributed by atoms with van der Waals surface area (Å²) in [6, 6.07) is 4.41. The number of ketones is 1. The Hall–Kier alpha value is -1.35. The first-order chi connectivity index (χ1) is 10.2. The Balaban J connectivity index is 2.28. The van der Waals surface area contributed by atoms with E-state index < -0.39 is 5.41 Å². The summed E-state index contributed by atoms with van der Waals surface area (Å²) in [4.78, 5) is 11.8. The van der Waals surface area contributed by atoms with E-state index in [2.05, 4.69) is 32.9 Å². The maximum atomic E-state index is 11.8. The van der Waals surface area contributed by atoms with Gasteiger partial charge in [-0.2, -0.15) is 0 Å². The van der Waals surface area contributed by atoms with E-state index in [9.17, 15) is 9.90 Å². The van der Waals surface area contributed by atoms with Crippen molar-refractivity contribution in [2.45, 2.75) is 59.3 Å². The first kappa shape index (κ1) is 17.0. The molecule has 0 amide bonds. The van der Waals surface area contributed by atoms with E-state index in [0.717, 1.165) is 25.2 Å². The largest absolute Gasteiger partial charge is 0.493 e. The highest BCUT2D eigenvalue weighted by Gasteiger charge is 2.30. The molecule has 0 aliphatic carbocycles. The third kappa shape index (κ3) is 3.35. The first-order valence-electron chi connectivity index (χ1n) is 8.08. The normalized spacial score (nSPS) is 16.8. The van der Waals surface area contributed by atoms with E-state index in [1.165, 1.54) is 16.7 Å². The number of carbonyl (C=O) groups is 1. The summed E-state index contributed by atoms with van der Waals surface area (Å²) in [5.41, 5.74) is 3.14. The van der Waals surface area contributed by atoms with Gasteiger partial charge in [0.1, 0.15) is 11.5 Å². The minimum Gasteiger partial charge on any atom is -0.493 e. The number of Topliss-reactive ketones (excluding diaryl/α,β-unsaturated/α-hetero) is 1. The van der Waals surface area contributed by atoms with Crippen LogP contribution in [0.4, 0.5) is 0 Å². The predicted molar refractivity (Wildman–Crippen MR) is 88.5 cm³/mol. The van der Waals surface area contributed by atoms with Crippen LogP contribution in [-0.2, 0) is 23.1 Å². The number of hydrogen-bond acceptors (Lipinski definition) is 3. The Morgan fingerprint density at radius 2 is 1.95 bits per heavy atom. The lowest BCUT2D eigenvalue weighted by molar-refractivity contribution is -0.128. The number of aliphatic hydroxyl groups excluding tert-OH is 1. The van der Waals surface area contributed by atoms with Crippen molar-refractivity contribution in [1.82, 2.24) is 0 Å². The zero-order valence-corrected chi connectivity index (χ0v) is 14.5. The van der Waals surface area contributed by atoms with Gasteiger partial charge in [-0.25, -0.2) is 0 Å². The predicted octanol–water partition coefficient (Wildman–Crippen LogP) is 3.44. The van der Waals surface area contributed by atoms with Crippen molar-refractivity contribution in [2.24, 2.45) is 5.41 Å². The van der Waals surface area contributed by atoms with Gasteiger partial charge in [0.05, 0.1) is 13.2 Å². The van der Waals surface area contributed by atoms with Crippen molar-refractivity contribution in [3.63, 3.8) is 0 Å². The lowest BCUT2D eigenvalue weighted by Gasteiger charge is -2.26. The third-order valence-electron chi connectivity index (χ3n) is 4.82. The van der Waals surface area contributed by atoms with E-state index in [-0.39, 0.29) is 17.8 Å². The first-order valence-corrected chi connectivity index (χ1v) is 8.08. The van der Waals surface area contributed by atoms with Crippen molar-refractivity contribution in [3.05, 3.63) is 28.8 Å². The van der Waals surface area contributed by atoms with Crippen LogP contribution in [0.15, 0.2) is 12.1 Å². The van der Waals surface area contributed by atoms with Crippen LogP contribution >= 0.6 is 0 Å². The molecule has 0 saturated heterocycles. The van der Waals surface area contributed by atoms with Crippen molar-refractivity contribution in [2.75, 3.05) is 13.2 Å². The number of aliphatic hydroxyl groups is 1. The SMILES string of the molecule is CC(=O)C(C)(CO)CCc1cc2c(c(C(C)(C)C)c1)OCC2. The molecule has 1 N–H and O–H groups in total. The zero-order valence-electron chi connectivity index (χ0n) is 14.5. The van der Waals surface area contributed by atoms with Crippen LogP contribution in [0.5, 0.6) is 5.75 Å². The van der Waals surface area contributed by atoms with E-state index in [4.69, 9.17) is 4.74 Å². The van der Waals surface area contributed by atoms with Gasteiger partial charge in [-0.1, -0.05) is 39.8 Å². The smallest absolute Gasteiger partial charge is 0.137 e. The molecular formula is C19H28O3. The monoisotopic (exact) mass is 304 g/mol. The second-order valence-electron chi connectivity index (χ2n) is 7.76. The molecule has 2 rings (SSSR count). The Bertz CT molecular complexity index is 569. The van der Waals surface area contributed by atoms with Gasteiger partial charge in [-0.3, -0.25) is 4.79 Å². The van der Waals surface area contributed by atoms with Crippen LogP contribution in [0, 0.1) is 5.41 Å². The van der Waals surface area contributed by atoms with Gasteiger partial charge >= 0.3 is 0 Å². The maximum absolute atomic E-state index is 11.8. The molecule has 22 heavy (non-hydrogen) atoms. The fourth-order valence-corrected chi connectivity index (χ4v) is 2.86. The van der Waals surface area contributed by atoms with Crippen LogP contribution in [0.3, 0.4) is 0 Å². The molecule has 0 fully saturated rings. The highest BCUT2D eigenvalue weighted by Crippen LogP contribution is 2.39. The van der Waals surface area contributed by atoms with E-state index in [1.54, 1.807) is 6.92 Å². The summed E-state index contributed by atoms with van der Waals surface area (Å²) in [5, 5.41) is 9.53. The molecule has 122 valence electrons. The molecule has 1 aliphatic rings. The lowest BCUT2D eigenvalue weighted by atomic mass is 9.79. The van der Waals surface area contributed by atoms with Crippen molar-refractivity contribution < 1.29 is 14.6 Å². The van der Waals surface area contributed by atoms with Gasteiger partial charge in [0.15, 0.2) is 0 Å². The van der Waals surface area contributed by atoms with Gasteiger partial charge < -0.3 is 9.84 Å². The van der Waals surface area contributed by atoms with Crippen LogP contribution in [0.2, 0.25) is 0 Å². The highest BCUT2D eigenvalue weighted by atomic mass is 16.5. The molecule has 0 spiro atoms. The fourth-order valence-electron chi connectivity index (χ4n) is 2.86. The molecular weight excluding hydrogens is 276 g/mol.